The fourth-order valence-electron chi connectivity index (χ4n) is 1.74. The standard InChI is InChI=1S/C12H15N5O3/c1-3-9-6-10(20-15-9)7-19-16-11-8(2)14-17(5-4-13)12(11)18/h6,8,14H,3,5,7H2,1-2H3. The van der Waals surface area contributed by atoms with Gasteiger partial charge in [-0.2, -0.15) is 5.26 Å². The predicted octanol–water partition coefficient (Wildman–Crippen LogP) is 0.368. The summed E-state index contributed by atoms with van der Waals surface area (Å²) in [5.74, 6) is 0.192. The molecule has 1 atom stereocenters. The summed E-state index contributed by atoms with van der Waals surface area (Å²) in [7, 11) is 0. The lowest BCUT2D eigenvalue weighted by Gasteiger charge is -2.09. The van der Waals surface area contributed by atoms with Gasteiger partial charge in [0.15, 0.2) is 18.1 Å². The largest absolute Gasteiger partial charge is 0.387 e. The van der Waals surface area contributed by atoms with Crippen LogP contribution in [0.3, 0.4) is 0 Å². The summed E-state index contributed by atoms with van der Waals surface area (Å²) in [6.45, 7) is 3.80. The van der Waals surface area contributed by atoms with Gasteiger partial charge in [-0.15, -0.1) is 0 Å². The number of hydrogen-bond acceptors (Lipinski definition) is 7. The molecule has 1 aliphatic rings. The molecule has 1 aromatic rings. The third-order valence-electron chi connectivity index (χ3n) is 2.79. The fraction of sp³-hybridized carbons (Fsp3) is 0.500. The molecule has 1 aromatic heterocycles. The summed E-state index contributed by atoms with van der Waals surface area (Å²) >= 11 is 0. The minimum atomic E-state index is -0.356. The number of hydrogen-bond donors (Lipinski definition) is 1. The van der Waals surface area contributed by atoms with Gasteiger partial charge in [-0.05, 0) is 13.3 Å². The first-order chi connectivity index (χ1) is 9.65. The maximum absolute atomic E-state index is 11.9. The minimum absolute atomic E-state index is 0.0375. The smallest absolute Gasteiger partial charge is 0.288 e. The van der Waals surface area contributed by atoms with Crippen molar-refractivity contribution in [3.05, 3.63) is 17.5 Å². The lowest BCUT2D eigenvalue weighted by atomic mass is 10.2. The van der Waals surface area contributed by atoms with Crippen molar-refractivity contribution in [3.63, 3.8) is 0 Å². The van der Waals surface area contributed by atoms with E-state index in [2.05, 4.69) is 15.7 Å². The number of oxime groups is 1. The van der Waals surface area contributed by atoms with E-state index in [1.54, 1.807) is 13.0 Å². The highest BCUT2D eigenvalue weighted by atomic mass is 16.6. The Kier molecular flexibility index (Phi) is 4.32. The zero-order chi connectivity index (χ0) is 14.5. The molecule has 1 aliphatic heterocycles. The van der Waals surface area contributed by atoms with E-state index in [0.29, 0.717) is 5.76 Å². The number of amides is 1. The van der Waals surface area contributed by atoms with Crippen LogP contribution in [0, 0.1) is 11.3 Å². The van der Waals surface area contributed by atoms with E-state index in [4.69, 9.17) is 14.6 Å². The fourth-order valence-corrected chi connectivity index (χ4v) is 1.74. The highest BCUT2D eigenvalue weighted by Crippen LogP contribution is 2.08. The van der Waals surface area contributed by atoms with Gasteiger partial charge >= 0.3 is 0 Å². The maximum atomic E-state index is 11.9. The third-order valence-corrected chi connectivity index (χ3v) is 2.79. The van der Waals surface area contributed by atoms with Crippen molar-refractivity contribution < 1.29 is 14.2 Å². The van der Waals surface area contributed by atoms with Gasteiger partial charge in [0.2, 0.25) is 0 Å². The van der Waals surface area contributed by atoms with Crippen molar-refractivity contribution in [1.29, 1.82) is 5.26 Å². The molecule has 0 radical (unpaired) electrons. The van der Waals surface area contributed by atoms with E-state index in [9.17, 15) is 4.79 Å². The number of rotatable bonds is 5. The van der Waals surface area contributed by atoms with Gasteiger partial charge in [0.05, 0.1) is 17.8 Å². The molecule has 1 fully saturated rings. The second-order valence-corrected chi connectivity index (χ2v) is 4.29. The molecule has 0 aliphatic carbocycles. The van der Waals surface area contributed by atoms with Crippen LogP contribution in [-0.4, -0.2) is 34.4 Å². The van der Waals surface area contributed by atoms with E-state index < -0.39 is 0 Å². The summed E-state index contributed by atoms with van der Waals surface area (Å²) < 4.78 is 5.04. The van der Waals surface area contributed by atoms with Crippen LogP contribution in [0.2, 0.25) is 0 Å². The lowest BCUT2D eigenvalue weighted by Crippen LogP contribution is -2.36. The van der Waals surface area contributed by atoms with Gasteiger partial charge in [0.1, 0.15) is 6.54 Å². The number of nitriles is 1. The zero-order valence-corrected chi connectivity index (χ0v) is 11.3. The van der Waals surface area contributed by atoms with Gasteiger partial charge in [-0.3, -0.25) is 9.80 Å². The van der Waals surface area contributed by atoms with Gasteiger partial charge in [-0.25, -0.2) is 5.43 Å². The summed E-state index contributed by atoms with van der Waals surface area (Å²) in [5.41, 5.74) is 3.90. The van der Waals surface area contributed by atoms with Crippen LogP contribution in [0.5, 0.6) is 0 Å². The van der Waals surface area contributed by atoms with Crippen LogP contribution in [-0.2, 0) is 22.7 Å². The number of aryl methyl sites for hydroxylation is 1. The second-order valence-electron chi connectivity index (χ2n) is 4.29. The zero-order valence-electron chi connectivity index (χ0n) is 11.3. The quantitative estimate of drug-likeness (QED) is 0.616. The molecule has 8 nitrogen and oxygen atoms in total. The molecular weight excluding hydrogens is 262 g/mol. The van der Waals surface area contributed by atoms with E-state index >= 15 is 0 Å². The maximum Gasteiger partial charge on any atom is 0.288 e. The van der Waals surface area contributed by atoms with E-state index in [1.807, 2.05) is 13.0 Å². The molecular formula is C12H15N5O3. The number of carbonyl (C=O) groups excluding carboxylic acids is 1. The number of nitrogens with one attached hydrogen (secondary N) is 1. The van der Waals surface area contributed by atoms with Crippen molar-refractivity contribution in [2.75, 3.05) is 6.54 Å². The van der Waals surface area contributed by atoms with E-state index in [-0.39, 0.29) is 30.8 Å². The van der Waals surface area contributed by atoms with Gasteiger partial charge < -0.3 is 9.36 Å². The van der Waals surface area contributed by atoms with Crippen LogP contribution in [0.15, 0.2) is 15.7 Å². The molecule has 0 spiro atoms. The predicted molar refractivity (Wildman–Crippen MR) is 68.0 cm³/mol. The van der Waals surface area contributed by atoms with Crippen molar-refractivity contribution in [2.24, 2.45) is 5.16 Å². The van der Waals surface area contributed by atoms with Crippen LogP contribution >= 0.6 is 0 Å². The monoisotopic (exact) mass is 277 g/mol. The lowest BCUT2D eigenvalue weighted by molar-refractivity contribution is -0.124. The molecule has 1 amide bonds. The highest BCUT2D eigenvalue weighted by molar-refractivity contribution is 6.42. The summed E-state index contributed by atoms with van der Waals surface area (Å²) in [4.78, 5) is 17.0. The summed E-state index contributed by atoms with van der Waals surface area (Å²) in [6, 6.07) is 3.38. The Hall–Kier alpha value is -2.40. The Balaban J connectivity index is 1.94. The van der Waals surface area contributed by atoms with Gasteiger partial charge in [0, 0.05) is 6.07 Å². The molecule has 1 unspecified atom stereocenters. The molecule has 2 heterocycles. The average molecular weight is 277 g/mol. The minimum Gasteiger partial charge on any atom is -0.387 e. The first-order valence-corrected chi connectivity index (χ1v) is 6.25. The molecule has 0 aromatic carbocycles. The Labute approximate surface area is 115 Å². The Morgan fingerprint density at radius 3 is 3.15 bits per heavy atom. The topological polar surface area (TPSA) is 104 Å². The molecule has 1 saturated heterocycles. The molecule has 8 heteroatoms. The van der Waals surface area contributed by atoms with Crippen molar-refractivity contribution in [3.8, 4) is 6.07 Å². The molecule has 106 valence electrons. The molecule has 2 rings (SSSR count). The van der Waals surface area contributed by atoms with Gasteiger partial charge in [0.25, 0.3) is 5.91 Å². The highest BCUT2D eigenvalue weighted by Gasteiger charge is 2.34. The molecule has 1 N–H and O–H groups in total. The Bertz CT molecular complexity index is 560. The first-order valence-electron chi connectivity index (χ1n) is 6.25. The summed E-state index contributed by atoms with van der Waals surface area (Å²) in [6.07, 6.45) is 0.778. The van der Waals surface area contributed by atoms with Crippen molar-refractivity contribution in [1.82, 2.24) is 15.6 Å². The first kappa shape index (κ1) is 14.0. The average Bonchev–Trinajstić information content (AvgIpc) is 2.99. The van der Waals surface area contributed by atoms with Crippen LogP contribution < -0.4 is 5.43 Å². The number of nitrogens with zero attached hydrogens (tertiary/aromatic N) is 4. The van der Waals surface area contributed by atoms with Crippen LogP contribution in [0.4, 0.5) is 0 Å². The van der Waals surface area contributed by atoms with Crippen molar-refractivity contribution in [2.45, 2.75) is 32.9 Å². The van der Waals surface area contributed by atoms with Crippen LogP contribution in [0.1, 0.15) is 25.3 Å². The number of carbonyl (C=O) groups is 1. The molecule has 0 saturated carbocycles. The third kappa shape index (κ3) is 2.95. The van der Waals surface area contributed by atoms with E-state index in [0.717, 1.165) is 12.1 Å². The Morgan fingerprint density at radius 2 is 2.50 bits per heavy atom. The van der Waals surface area contributed by atoms with Crippen molar-refractivity contribution >= 4 is 11.6 Å². The van der Waals surface area contributed by atoms with E-state index in [1.165, 1.54) is 5.01 Å². The number of hydrazine groups is 1. The summed E-state index contributed by atoms with van der Waals surface area (Å²) in [5, 5.41) is 17.4. The normalized spacial score (nSPS) is 20.4. The molecule has 0 bridgehead atoms. The van der Waals surface area contributed by atoms with Crippen LogP contribution in [0.25, 0.3) is 0 Å². The SMILES string of the molecule is CCc1cc(CON=C2C(=O)N(CC#N)NC2C)on1. The van der Waals surface area contributed by atoms with Gasteiger partial charge in [-0.1, -0.05) is 17.2 Å². The number of aromatic nitrogens is 1. The molecule has 20 heavy (non-hydrogen) atoms. The second kappa shape index (κ2) is 6.16. The Morgan fingerprint density at radius 1 is 1.70 bits per heavy atom.